The van der Waals surface area contributed by atoms with Crippen molar-refractivity contribution >= 4 is 29.1 Å². The third kappa shape index (κ3) is 6.63. The van der Waals surface area contributed by atoms with Gasteiger partial charge in [-0.25, -0.2) is 0 Å². The molecular weight excluding hydrogens is 499 g/mol. The smallest absolute Gasteiger partial charge is 0.369 e. The molecule has 0 saturated carbocycles. The van der Waals surface area contributed by atoms with E-state index in [0.29, 0.717) is 50.6 Å². The number of piperazine rings is 2. The Hall–Kier alpha value is -3.60. The molecule has 2 saturated heterocycles. The minimum absolute atomic E-state index is 0.0699. The fraction of sp³-hybridized carbons (Fsp3) is 0.444. The average Bonchev–Trinajstić information content (AvgIpc) is 2.90. The summed E-state index contributed by atoms with van der Waals surface area (Å²) in [5.41, 5.74) is 1.47. The van der Waals surface area contributed by atoms with Crippen LogP contribution in [0.3, 0.4) is 0 Å². The third-order valence-corrected chi connectivity index (χ3v) is 6.97. The normalized spacial score (nSPS) is 18.7. The summed E-state index contributed by atoms with van der Waals surface area (Å²) in [6, 6.07) is 11.8. The summed E-state index contributed by atoms with van der Waals surface area (Å²) in [7, 11) is 0. The Balaban J connectivity index is 1.34. The molecule has 2 aliphatic rings. The number of alkyl halides is 3. The highest BCUT2D eigenvalue weighted by Gasteiger charge is 2.36. The van der Waals surface area contributed by atoms with Crippen LogP contribution in [0.2, 0.25) is 0 Å². The molecule has 2 fully saturated rings. The molecule has 11 heteroatoms. The number of halogens is 3. The number of anilines is 2. The SMILES string of the molecule is CCc1ccccc1NC(=O)CC1C(=O)NCCN1C(=O)CN1CCN(c2cccc(C(F)(F)F)c2)CC1. The van der Waals surface area contributed by atoms with Crippen molar-refractivity contribution in [1.29, 1.82) is 0 Å². The zero-order valence-electron chi connectivity index (χ0n) is 21.3. The van der Waals surface area contributed by atoms with Crippen molar-refractivity contribution in [2.45, 2.75) is 32.0 Å². The van der Waals surface area contributed by atoms with Crippen LogP contribution in [-0.4, -0.2) is 79.4 Å². The van der Waals surface area contributed by atoms with Crippen molar-refractivity contribution < 1.29 is 27.6 Å². The van der Waals surface area contributed by atoms with Gasteiger partial charge in [-0.05, 0) is 36.2 Å². The van der Waals surface area contributed by atoms with Crippen LogP contribution in [0.4, 0.5) is 24.5 Å². The first kappa shape index (κ1) is 27.4. The fourth-order valence-corrected chi connectivity index (χ4v) is 4.87. The van der Waals surface area contributed by atoms with Gasteiger partial charge in [0.1, 0.15) is 6.04 Å². The Kier molecular flexibility index (Phi) is 8.55. The van der Waals surface area contributed by atoms with Crippen LogP contribution in [0.1, 0.15) is 24.5 Å². The van der Waals surface area contributed by atoms with E-state index < -0.39 is 17.8 Å². The Morgan fingerprint density at radius 3 is 2.47 bits per heavy atom. The maximum Gasteiger partial charge on any atom is 0.416 e. The van der Waals surface area contributed by atoms with E-state index in [9.17, 15) is 27.6 Å². The molecule has 4 rings (SSSR count). The molecule has 8 nitrogen and oxygen atoms in total. The molecule has 204 valence electrons. The summed E-state index contributed by atoms with van der Waals surface area (Å²) in [5, 5.41) is 5.60. The summed E-state index contributed by atoms with van der Waals surface area (Å²) >= 11 is 0. The summed E-state index contributed by atoms with van der Waals surface area (Å²) < 4.78 is 39.2. The van der Waals surface area contributed by atoms with Gasteiger partial charge in [0.25, 0.3) is 0 Å². The van der Waals surface area contributed by atoms with Gasteiger partial charge in [0, 0.05) is 50.6 Å². The molecule has 0 radical (unpaired) electrons. The first-order valence-corrected chi connectivity index (χ1v) is 12.7. The summed E-state index contributed by atoms with van der Waals surface area (Å²) in [6.45, 7) is 4.58. The summed E-state index contributed by atoms with van der Waals surface area (Å²) in [4.78, 5) is 43.9. The van der Waals surface area contributed by atoms with Gasteiger partial charge in [-0.1, -0.05) is 31.2 Å². The van der Waals surface area contributed by atoms with Gasteiger partial charge in [0.2, 0.25) is 17.7 Å². The molecule has 1 atom stereocenters. The standard InChI is InChI=1S/C27H32F3N5O3/c1-2-19-6-3-4-9-22(19)32-24(36)17-23-26(38)31-10-11-35(23)25(37)18-33-12-14-34(15-13-33)21-8-5-7-20(16-21)27(28,29)30/h3-9,16,23H,2,10-15,17-18H2,1H3,(H,31,38)(H,32,36). The van der Waals surface area contributed by atoms with E-state index in [1.807, 2.05) is 34.9 Å². The van der Waals surface area contributed by atoms with E-state index in [1.54, 1.807) is 12.1 Å². The first-order valence-electron chi connectivity index (χ1n) is 12.7. The quantitative estimate of drug-likeness (QED) is 0.574. The maximum atomic E-state index is 13.2. The molecule has 0 spiro atoms. The van der Waals surface area contributed by atoms with Crippen molar-refractivity contribution in [1.82, 2.24) is 15.1 Å². The topological polar surface area (TPSA) is 85.0 Å². The molecule has 38 heavy (non-hydrogen) atoms. The van der Waals surface area contributed by atoms with Crippen LogP contribution in [0, 0.1) is 0 Å². The van der Waals surface area contributed by atoms with Gasteiger partial charge in [0.05, 0.1) is 18.5 Å². The minimum Gasteiger partial charge on any atom is -0.369 e. The van der Waals surface area contributed by atoms with Gasteiger partial charge < -0.3 is 20.4 Å². The molecule has 1 unspecified atom stereocenters. The number of para-hydroxylation sites is 1. The summed E-state index contributed by atoms with van der Waals surface area (Å²) in [5.74, 6) is -0.961. The van der Waals surface area contributed by atoms with Crippen LogP contribution in [0.25, 0.3) is 0 Å². The number of hydrogen-bond acceptors (Lipinski definition) is 5. The molecule has 2 aliphatic heterocycles. The Labute approximate surface area is 219 Å². The number of carbonyl (C=O) groups excluding carboxylic acids is 3. The van der Waals surface area contributed by atoms with Crippen molar-refractivity contribution in [3.63, 3.8) is 0 Å². The fourth-order valence-electron chi connectivity index (χ4n) is 4.87. The van der Waals surface area contributed by atoms with Crippen LogP contribution < -0.4 is 15.5 Å². The van der Waals surface area contributed by atoms with Crippen LogP contribution in [-0.2, 0) is 27.0 Å². The predicted octanol–water partition coefficient (Wildman–Crippen LogP) is 2.75. The van der Waals surface area contributed by atoms with Crippen LogP contribution >= 0.6 is 0 Å². The number of nitrogens with one attached hydrogen (secondary N) is 2. The average molecular weight is 532 g/mol. The third-order valence-electron chi connectivity index (χ3n) is 6.97. The minimum atomic E-state index is -4.40. The molecular formula is C27H32F3N5O3. The number of aryl methyl sites for hydroxylation is 1. The van der Waals surface area contributed by atoms with Crippen molar-refractivity contribution in [3.8, 4) is 0 Å². The lowest BCUT2D eigenvalue weighted by Gasteiger charge is -2.39. The highest BCUT2D eigenvalue weighted by atomic mass is 19.4. The van der Waals surface area contributed by atoms with E-state index >= 15 is 0 Å². The zero-order chi connectivity index (χ0) is 27.3. The van der Waals surface area contributed by atoms with Crippen molar-refractivity contribution in [3.05, 3.63) is 59.7 Å². The number of amides is 3. The van der Waals surface area contributed by atoms with Gasteiger partial charge in [0.15, 0.2) is 0 Å². The number of nitrogens with zero attached hydrogens (tertiary/aromatic N) is 3. The molecule has 2 aromatic carbocycles. The highest BCUT2D eigenvalue weighted by molar-refractivity contribution is 5.98. The molecule has 2 N–H and O–H groups in total. The van der Waals surface area contributed by atoms with Crippen LogP contribution in [0.15, 0.2) is 48.5 Å². The van der Waals surface area contributed by atoms with Crippen LogP contribution in [0.5, 0.6) is 0 Å². The second-order valence-electron chi connectivity index (χ2n) is 9.47. The number of rotatable bonds is 7. The van der Waals surface area contributed by atoms with Gasteiger partial charge in [-0.15, -0.1) is 0 Å². The Morgan fingerprint density at radius 2 is 1.76 bits per heavy atom. The molecule has 3 amide bonds. The Bertz CT molecular complexity index is 1160. The number of carbonyl (C=O) groups is 3. The second kappa shape index (κ2) is 11.8. The predicted molar refractivity (Wildman–Crippen MR) is 138 cm³/mol. The lowest BCUT2D eigenvalue weighted by Crippen LogP contribution is -2.60. The monoisotopic (exact) mass is 531 g/mol. The zero-order valence-corrected chi connectivity index (χ0v) is 21.3. The van der Waals surface area contributed by atoms with E-state index in [4.69, 9.17) is 0 Å². The maximum absolute atomic E-state index is 13.2. The van der Waals surface area contributed by atoms with Gasteiger partial charge >= 0.3 is 6.18 Å². The number of hydrogen-bond donors (Lipinski definition) is 2. The van der Waals surface area contributed by atoms with Crippen molar-refractivity contribution in [2.24, 2.45) is 0 Å². The second-order valence-corrected chi connectivity index (χ2v) is 9.47. The van der Waals surface area contributed by atoms with Crippen molar-refractivity contribution in [2.75, 3.05) is 56.0 Å². The Morgan fingerprint density at radius 1 is 1.03 bits per heavy atom. The molecule has 0 aromatic heterocycles. The van der Waals surface area contributed by atoms with E-state index in [1.165, 1.54) is 11.0 Å². The molecule has 2 heterocycles. The molecule has 2 aromatic rings. The molecule has 0 aliphatic carbocycles. The van der Waals surface area contributed by atoms with E-state index in [0.717, 1.165) is 24.1 Å². The largest absolute Gasteiger partial charge is 0.416 e. The lowest BCUT2D eigenvalue weighted by atomic mass is 10.1. The summed E-state index contributed by atoms with van der Waals surface area (Å²) in [6.07, 6.45) is -3.82. The van der Waals surface area contributed by atoms with Gasteiger partial charge in [-0.2, -0.15) is 13.2 Å². The first-order chi connectivity index (χ1) is 18.2. The number of benzene rings is 2. The van der Waals surface area contributed by atoms with Gasteiger partial charge in [-0.3, -0.25) is 19.3 Å². The van der Waals surface area contributed by atoms with E-state index in [2.05, 4.69) is 10.6 Å². The van der Waals surface area contributed by atoms with E-state index in [-0.39, 0.29) is 30.7 Å². The highest BCUT2D eigenvalue weighted by Crippen LogP contribution is 2.32. The molecule has 0 bridgehead atoms. The lowest BCUT2D eigenvalue weighted by molar-refractivity contribution is -0.145.